The van der Waals surface area contributed by atoms with Crippen molar-refractivity contribution in [2.75, 3.05) is 18.4 Å². The fourth-order valence-corrected chi connectivity index (χ4v) is 1.89. The van der Waals surface area contributed by atoms with Crippen molar-refractivity contribution < 1.29 is 14.6 Å². The summed E-state index contributed by atoms with van der Waals surface area (Å²) in [5.41, 5.74) is 0.961. The fraction of sp³-hybridized carbons (Fsp3) is 0.500. The minimum Gasteiger partial charge on any atom is -0.508 e. The summed E-state index contributed by atoms with van der Waals surface area (Å²) in [5.74, 6) is 0.571. The molecule has 19 heavy (non-hydrogen) atoms. The first-order valence-corrected chi connectivity index (χ1v) is 6.39. The highest BCUT2D eigenvalue weighted by atomic mass is 16.6. The van der Waals surface area contributed by atoms with Crippen LogP contribution in [-0.2, 0) is 4.74 Å². The average Bonchev–Trinajstić information content (AvgIpc) is 2.17. The van der Waals surface area contributed by atoms with Crippen molar-refractivity contribution in [3.8, 4) is 5.75 Å². The Hall–Kier alpha value is -1.75. The van der Waals surface area contributed by atoms with Gasteiger partial charge < -0.3 is 15.2 Å². The molecule has 1 aromatic carbocycles. The molecule has 1 amide bonds. The zero-order valence-electron chi connectivity index (χ0n) is 11.5. The fourth-order valence-electron chi connectivity index (χ4n) is 1.89. The second-order valence-corrected chi connectivity index (χ2v) is 5.76. The van der Waals surface area contributed by atoms with E-state index in [1.54, 1.807) is 18.2 Å². The van der Waals surface area contributed by atoms with E-state index in [0.717, 1.165) is 18.7 Å². The minimum atomic E-state index is -0.526. The molecular formula is C14H20N2O3. The van der Waals surface area contributed by atoms with Crippen molar-refractivity contribution in [3.63, 3.8) is 0 Å². The molecule has 5 nitrogen and oxygen atoms in total. The van der Waals surface area contributed by atoms with Crippen LogP contribution in [-0.4, -0.2) is 29.9 Å². The second kappa shape index (κ2) is 5.09. The van der Waals surface area contributed by atoms with Crippen LogP contribution in [0.4, 0.5) is 10.5 Å². The van der Waals surface area contributed by atoms with E-state index in [0.29, 0.717) is 11.6 Å². The average molecular weight is 264 g/mol. The van der Waals surface area contributed by atoms with Crippen LogP contribution in [0.3, 0.4) is 0 Å². The molecule has 0 aromatic heterocycles. The molecule has 0 spiro atoms. The van der Waals surface area contributed by atoms with E-state index >= 15 is 0 Å². The van der Waals surface area contributed by atoms with Crippen molar-refractivity contribution in [1.29, 1.82) is 0 Å². The van der Waals surface area contributed by atoms with E-state index in [9.17, 15) is 9.90 Å². The van der Waals surface area contributed by atoms with Gasteiger partial charge in [-0.1, -0.05) is 0 Å². The van der Waals surface area contributed by atoms with Gasteiger partial charge in [-0.2, -0.15) is 0 Å². The van der Waals surface area contributed by atoms with Gasteiger partial charge in [0.05, 0.1) is 0 Å². The maximum absolute atomic E-state index is 11.7. The van der Waals surface area contributed by atoms with Gasteiger partial charge in [0.25, 0.3) is 0 Å². The van der Waals surface area contributed by atoms with Crippen LogP contribution in [0.5, 0.6) is 5.75 Å². The largest absolute Gasteiger partial charge is 0.508 e. The van der Waals surface area contributed by atoms with Gasteiger partial charge >= 0.3 is 6.09 Å². The zero-order valence-corrected chi connectivity index (χ0v) is 11.5. The van der Waals surface area contributed by atoms with Crippen LogP contribution in [0.1, 0.15) is 32.3 Å². The molecule has 0 saturated carbocycles. The lowest BCUT2D eigenvalue weighted by molar-refractivity contribution is 0.0636. The SMILES string of the molecule is CC(C)(C)OC(=O)Nc1ccc(O)c(C2CNC2)c1. The van der Waals surface area contributed by atoms with Gasteiger partial charge in [-0.15, -0.1) is 0 Å². The molecule has 0 radical (unpaired) electrons. The first kappa shape index (κ1) is 13.7. The van der Waals surface area contributed by atoms with Crippen LogP contribution in [0.15, 0.2) is 18.2 Å². The van der Waals surface area contributed by atoms with Gasteiger partial charge in [-0.25, -0.2) is 4.79 Å². The Morgan fingerprint density at radius 2 is 2.11 bits per heavy atom. The Morgan fingerprint density at radius 1 is 1.42 bits per heavy atom. The number of nitrogens with one attached hydrogen (secondary N) is 2. The number of benzene rings is 1. The van der Waals surface area contributed by atoms with Crippen molar-refractivity contribution in [3.05, 3.63) is 23.8 Å². The summed E-state index contributed by atoms with van der Waals surface area (Å²) in [4.78, 5) is 11.7. The molecule has 1 aromatic rings. The van der Waals surface area contributed by atoms with Crippen LogP contribution >= 0.6 is 0 Å². The Morgan fingerprint density at radius 3 is 2.63 bits per heavy atom. The lowest BCUT2D eigenvalue weighted by Crippen LogP contribution is -2.39. The molecule has 0 aliphatic carbocycles. The van der Waals surface area contributed by atoms with Gasteiger partial charge in [-0.3, -0.25) is 5.32 Å². The predicted molar refractivity (Wildman–Crippen MR) is 73.6 cm³/mol. The second-order valence-electron chi connectivity index (χ2n) is 5.76. The summed E-state index contributed by atoms with van der Waals surface area (Å²) >= 11 is 0. The first-order valence-electron chi connectivity index (χ1n) is 6.39. The minimum absolute atomic E-state index is 0.265. The van der Waals surface area contributed by atoms with E-state index in [1.165, 1.54) is 0 Å². The molecular weight excluding hydrogens is 244 g/mol. The highest BCUT2D eigenvalue weighted by Gasteiger charge is 2.23. The summed E-state index contributed by atoms with van der Waals surface area (Å²) in [6, 6.07) is 5.06. The summed E-state index contributed by atoms with van der Waals surface area (Å²) in [7, 11) is 0. The normalized spacial score (nSPS) is 15.7. The molecule has 5 heteroatoms. The van der Waals surface area contributed by atoms with E-state index in [2.05, 4.69) is 10.6 Å². The van der Waals surface area contributed by atoms with Gasteiger partial charge in [0, 0.05) is 30.3 Å². The van der Waals surface area contributed by atoms with Crippen LogP contribution < -0.4 is 10.6 Å². The molecule has 1 heterocycles. The van der Waals surface area contributed by atoms with Crippen LogP contribution in [0, 0.1) is 0 Å². The number of phenols is 1. The number of hydrogen-bond donors (Lipinski definition) is 3. The quantitative estimate of drug-likeness (QED) is 0.717. The molecule has 1 fully saturated rings. The lowest BCUT2D eigenvalue weighted by Gasteiger charge is -2.28. The molecule has 0 unspecified atom stereocenters. The van der Waals surface area contributed by atoms with E-state index in [-0.39, 0.29) is 5.75 Å². The van der Waals surface area contributed by atoms with Gasteiger partial charge in [0.15, 0.2) is 0 Å². The van der Waals surface area contributed by atoms with Crippen molar-refractivity contribution in [2.45, 2.75) is 32.3 Å². The summed E-state index contributed by atoms with van der Waals surface area (Å²) in [5, 5.41) is 15.7. The van der Waals surface area contributed by atoms with Crippen LogP contribution in [0.25, 0.3) is 0 Å². The molecule has 1 saturated heterocycles. The molecule has 104 valence electrons. The maximum atomic E-state index is 11.7. The number of carbonyl (C=O) groups excluding carboxylic acids is 1. The third-order valence-electron chi connectivity index (χ3n) is 2.89. The van der Waals surface area contributed by atoms with Gasteiger partial charge in [0.1, 0.15) is 11.4 Å². The standard InChI is InChI=1S/C14H20N2O3/c1-14(2,3)19-13(18)16-10-4-5-12(17)11(6-10)9-7-15-8-9/h4-6,9,15,17H,7-8H2,1-3H3,(H,16,18). The predicted octanol–water partition coefficient (Wildman–Crippen LogP) is 2.43. The number of amides is 1. The first-order chi connectivity index (χ1) is 8.85. The number of phenolic OH excluding ortho intramolecular Hbond substituents is 1. The van der Waals surface area contributed by atoms with Crippen molar-refractivity contribution in [2.24, 2.45) is 0 Å². The number of ether oxygens (including phenoxy) is 1. The molecule has 3 N–H and O–H groups in total. The topological polar surface area (TPSA) is 70.6 Å². The monoisotopic (exact) mass is 264 g/mol. The number of rotatable bonds is 2. The molecule has 1 aliphatic rings. The van der Waals surface area contributed by atoms with Gasteiger partial charge in [-0.05, 0) is 39.0 Å². The Kier molecular flexibility index (Phi) is 3.66. The maximum Gasteiger partial charge on any atom is 0.412 e. The Bertz CT molecular complexity index is 476. The van der Waals surface area contributed by atoms with Crippen molar-refractivity contribution >= 4 is 11.8 Å². The third kappa shape index (κ3) is 3.61. The number of anilines is 1. The van der Waals surface area contributed by atoms with E-state index in [1.807, 2.05) is 20.8 Å². The smallest absolute Gasteiger partial charge is 0.412 e. The van der Waals surface area contributed by atoms with E-state index in [4.69, 9.17) is 4.74 Å². The van der Waals surface area contributed by atoms with Gasteiger partial charge in [0.2, 0.25) is 0 Å². The number of aromatic hydroxyl groups is 1. The summed E-state index contributed by atoms with van der Waals surface area (Å²) < 4.78 is 5.19. The molecule has 2 rings (SSSR count). The highest BCUT2D eigenvalue weighted by Crippen LogP contribution is 2.31. The summed E-state index contributed by atoms with van der Waals surface area (Å²) in [6.45, 7) is 7.14. The zero-order chi connectivity index (χ0) is 14.0. The molecule has 0 bridgehead atoms. The molecule has 0 atom stereocenters. The molecule has 1 aliphatic heterocycles. The van der Waals surface area contributed by atoms with Crippen LogP contribution in [0.2, 0.25) is 0 Å². The summed E-state index contributed by atoms with van der Waals surface area (Å²) in [6.07, 6.45) is -0.490. The number of hydrogen-bond acceptors (Lipinski definition) is 4. The Balaban J connectivity index is 2.06. The number of carbonyl (C=O) groups is 1. The lowest BCUT2D eigenvalue weighted by atomic mass is 9.92. The Labute approximate surface area is 113 Å². The third-order valence-corrected chi connectivity index (χ3v) is 2.89. The van der Waals surface area contributed by atoms with E-state index < -0.39 is 11.7 Å². The van der Waals surface area contributed by atoms with Crippen molar-refractivity contribution in [1.82, 2.24) is 5.32 Å². The highest BCUT2D eigenvalue weighted by molar-refractivity contribution is 5.85.